The van der Waals surface area contributed by atoms with Crippen LogP contribution in [-0.4, -0.2) is 59.5 Å². The summed E-state index contributed by atoms with van der Waals surface area (Å²) in [6.45, 7) is 5.36. The Balaban J connectivity index is 1.40. The molecule has 1 aromatic heterocycles. The van der Waals surface area contributed by atoms with Gasteiger partial charge in [0.15, 0.2) is 0 Å². The van der Waals surface area contributed by atoms with Crippen LogP contribution >= 0.6 is 0 Å². The molecule has 8 heteroatoms. The number of anilines is 1. The predicted molar refractivity (Wildman–Crippen MR) is 115 cm³/mol. The highest BCUT2D eigenvalue weighted by molar-refractivity contribution is 6.00. The standard InChI is InChI=1S/C23H28N4O4/c1-15-10-16(2)25-23(24-15)31-20-8-5-9-26(14-20)22(29)17-11-21(28)27(13-17)18-6-4-7-19(12-18)30-3/h4,6-7,10,12,17,20H,5,8-9,11,13-14H2,1-3H3. The number of benzene rings is 1. The molecule has 0 aliphatic carbocycles. The summed E-state index contributed by atoms with van der Waals surface area (Å²) in [6.07, 6.45) is 1.77. The van der Waals surface area contributed by atoms with E-state index in [2.05, 4.69) is 9.97 Å². The van der Waals surface area contributed by atoms with E-state index in [1.54, 1.807) is 12.0 Å². The fourth-order valence-corrected chi connectivity index (χ4v) is 4.29. The van der Waals surface area contributed by atoms with Crippen molar-refractivity contribution in [1.29, 1.82) is 0 Å². The molecule has 0 radical (unpaired) electrons. The van der Waals surface area contributed by atoms with Crippen molar-refractivity contribution in [3.8, 4) is 11.8 Å². The fourth-order valence-electron chi connectivity index (χ4n) is 4.29. The predicted octanol–water partition coefficient (Wildman–Crippen LogP) is 2.52. The summed E-state index contributed by atoms with van der Waals surface area (Å²) < 4.78 is 11.2. The molecule has 0 spiro atoms. The van der Waals surface area contributed by atoms with Crippen LogP contribution < -0.4 is 14.4 Å². The van der Waals surface area contributed by atoms with Crippen molar-refractivity contribution in [1.82, 2.24) is 14.9 Å². The summed E-state index contributed by atoms with van der Waals surface area (Å²) in [5, 5.41) is 0. The Morgan fingerprint density at radius 3 is 2.65 bits per heavy atom. The smallest absolute Gasteiger partial charge is 0.317 e. The number of carbonyl (C=O) groups is 2. The Labute approximate surface area is 182 Å². The van der Waals surface area contributed by atoms with Gasteiger partial charge in [0.25, 0.3) is 0 Å². The Hall–Kier alpha value is -3.16. The number of ether oxygens (including phenoxy) is 2. The summed E-state index contributed by atoms with van der Waals surface area (Å²) in [5.74, 6) is 0.299. The molecule has 2 aliphatic heterocycles. The second kappa shape index (κ2) is 8.91. The third kappa shape index (κ3) is 4.78. The molecule has 0 bridgehead atoms. The van der Waals surface area contributed by atoms with Crippen LogP contribution in [0.1, 0.15) is 30.7 Å². The van der Waals surface area contributed by atoms with Gasteiger partial charge in [-0.2, -0.15) is 0 Å². The van der Waals surface area contributed by atoms with Crippen LogP contribution in [0.25, 0.3) is 0 Å². The molecule has 164 valence electrons. The number of carbonyl (C=O) groups excluding carboxylic acids is 2. The third-order valence-corrected chi connectivity index (χ3v) is 5.76. The first-order valence-corrected chi connectivity index (χ1v) is 10.6. The van der Waals surface area contributed by atoms with Crippen LogP contribution in [-0.2, 0) is 9.59 Å². The van der Waals surface area contributed by atoms with E-state index in [0.717, 1.165) is 29.9 Å². The number of hydrogen-bond donors (Lipinski definition) is 0. The minimum absolute atomic E-state index is 0.00777. The molecule has 2 aliphatic rings. The number of aryl methyl sites for hydroxylation is 2. The molecule has 2 amide bonds. The van der Waals surface area contributed by atoms with Gasteiger partial charge in [0.05, 0.1) is 19.6 Å². The van der Waals surface area contributed by atoms with Gasteiger partial charge in [-0.25, -0.2) is 9.97 Å². The molecular weight excluding hydrogens is 396 g/mol. The fraction of sp³-hybridized carbons (Fsp3) is 0.478. The van der Waals surface area contributed by atoms with E-state index in [0.29, 0.717) is 31.4 Å². The summed E-state index contributed by atoms with van der Waals surface area (Å²) in [7, 11) is 1.59. The average Bonchev–Trinajstić information content (AvgIpc) is 3.14. The second-order valence-electron chi connectivity index (χ2n) is 8.21. The van der Waals surface area contributed by atoms with Crippen molar-refractivity contribution in [2.75, 3.05) is 31.6 Å². The first-order valence-electron chi connectivity index (χ1n) is 10.6. The van der Waals surface area contributed by atoms with Gasteiger partial charge in [-0.05, 0) is 44.9 Å². The lowest BCUT2D eigenvalue weighted by atomic mass is 10.0. The Kier molecular flexibility index (Phi) is 6.06. The van der Waals surface area contributed by atoms with Crippen molar-refractivity contribution in [3.05, 3.63) is 41.7 Å². The quantitative estimate of drug-likeness (QED) is 0.733. The maximum Gasteiger partial charge on any atom is 0.317 e. The number of nitrogens with zero attached hydrogens (tertiary/aromatic N) is 4. The molecule has 2 fully saturated rings. The zero-order valence-electron chi connectivity index (χ0n) is 18.2. The molecule has 3 heterocycles. The van der Waals surface area contributed by atoms with Crippen molar-refractivity contribution >= 4 is 17.5 Å². The van der Waals surface area contributed by atoms with Gasteiger partial charge >= 0.3 is 6.01 Å². The van der Waals surface area contributed by atoms with Crippen molar-refractivity contribution in [2.24, 2.45) is 5.92 Å². The molecule has 1 aromatic carbocycles. The van der Waals surface area contributed by atoms with Crippen molar-refractivity contribution < 1.29 is 19.1 Å². The molecular formula is C23H28N4O4. The highest BCUT2D eigenvalue weighted by Crippen LogP contribution is 2.29. The molecule has 4 rings (SSSR count). The third-order valence-electron chi connectivity index (χ3n) is 5.76. The van der Waals surface area contributed by atoms with E-state index in [1.807, 2.05) is 49.1 Å². The topological polar surface area (TPSA) is 84.9 Å². The maximum absolute atomic E-state index is 13.2. The SMILES string of the molecule is COc1cccc(N2CC(C(=O)N3CCCC(Oc4nc(C)cc(C)n4)C3)CC2=O)c1. The molecule has 2 unspecified atom stereocenters. The molecule has 0 saturated carbocycles. The van der Waals surface area contributed by atoms with Gasteiger partial charge < -0.3 is 19.3 Å². The van der Waals surface area contributed by atoms with Crippen molar-refractivity contribution in [2.45, 2.75) is 39.2 Å². The molecule has 31 heavy (non-hydrogen) atoms. The zero-order valence-corrected chi connectivity index (χ0v) is 18.2. The number of piperidine rings is 1. The average molecular weight is 425 g/mol. The van der Waals surface area contributed by atoms with E-state index in [1.165, 1.54) is 0 Å². The van der Waals surface area contributed by atoms with Gasteiger partial charge in [0.2, 0.25) is 11.8 Å². The van der Waals surface area contributed by atoms with E-state index in [4.69, 9.17) is 9.47 Å². The minimum atomic E-state index is -0.352. The zero-order chi connectivity index (χ0) is 22.0. The highest BCUT2D eigenvalue weighted by Gasteiger charge is 2.38. The van der Waals surface area contributed by atoms with Gasteiger partial charge in [-0.15, -0.1) is 0 Å². The van der Waals surface area contributed by atoms with Crippen LogP contribution in [0, 0.1) is 19.8 Å². The molecule has 2 saturated heterocycles. The molecule has 2 aromatic rings. The van der Waals surface area contributed by atoms with E-state index >= 15 is 0 Å². The Bertz CT molecular complexity index is 960. The van der Waals surface area contributed by atoms with Gasteiger partial charge in [0, 0.05) is 42.7 Å². The van der Waals surface area contributed by atoms with Gasteiger partial charge in [-0.1, -0.05) is 6.07 Å². The first-order chi connectivity index (χ1) is 14.9. The normalized spacial score (nSPS) is 21.3. The van der Waals surface area contributed by atoms with Crippen LogP contribution in [0.5, 0.6) is 11.8 Å². The summed E-state index contributed by atoms with van der Waals surface area (Å²) in [6, 6.07) is 9.62. The number of methoxy groups -OCH3 is 1. The Morgan fingerprint density at radius 2 is 1.90 bits per heavy atom. The van der Waals surface area contributed by atoms with Crippen LogP contribution in [0.15, 0.2) is 30.3 Å². The number of rotatable bonds is 5. The highest BCUT2D eigenvalue weighted by atomic mass is 16.5. The second-order valence-corrected chi connectivity index (χ2v) is 8.21. The minimum Gasteiger partial charge on any atom is -0.497 e. The summed E-state index contributed by atoms with van der Waals surface area (Å²) in [4.78, 5) is 38.0. The Morgan fingerprint density at radius 1 is 1.13 bits per heavy atom. The summed E-state index contributed by atoms with van der Waals surface area (Å²) >= 11 is 0. The monoisotopic (exact) mass is 424 g/mol. The molecule has 0 N–H and O–H groups in total. The van der Waals surface area contributed by atoms with Crippen LogP contribution in [0.3, 0.4) is 0 Å². The van der Waals surface area contributed by atoms with Crippen LogP contribution in [0.2, 0.25) is 0 Å². The molecule has 8 nitrogen and oxygen atoms in total. The number of hydrogen-bond acceptors (Lipinski definition) is 6. The van der Waals surface area contributed by atoms with Gasteiger partial charge in [0.1, 0.15) is 11.9 Å². The number of aromatic nitrogens is 2. The molecule has 2 atom stereocenters. The number of amides is 2. The largest absolute Gasteiger partial charge is 0.497 e. The van der Waals surface area contributed by atoms with Crippen LogP contribution in [0.4, 0.5) is 5.69 Å². The number of likely N-dealkylation sites (tertiary alicyclic amines) is 1. The van der Waals surface area contributed by atoms with Crippen molar-refractivity contribution in [3.63, 3.8) is 0 Å². The maximum atomic E-state index is 13.2. The van der Waals surface area contributed by atoms with E-state index in [9.17, 15) is 9.59 Å². The van der Waals surface area contributed by atoms with E-state index < -0.39 is 0 Å². The lowest BCUT2D eigenvalue weighted by Crippen LogP contribution is -2.47. The van der Waals surface area contributed by atoms with Gasteiger partial charge in [-0.3, -0.25) is 9.59 Å². The summed E-state index contributed by atoms with van der Waals surface area (Å²) in [5.41, 5.74) is 2.47. The first kappa shape index (κ1) is 21.1. The van der Waals surface area contributed by atoms with E-state index in [-0.39, 0.29) is 30.3 Å². The lowest BCUT2D eigenvalue weighted by Gasteiger charge is -2.33. The lowest BCUT2D eigenvalue weighted by molar-refractivity contribution is -0.138.